The molecule has 0 heterocycles. The van der Waals surface area contributed by atoms with Crippen LogP contribution in [-0.4, -0.2) is 26.3 Å². The number of hydrogen-bond acceptors (Lipinski definition) is 2. The molecule has 0 aliphatic heterocycles. The van der Waals surface area contributed by atoms with Crippen molar-refractivity contribution in [3.8, 4) is 0 Å². The smallest absolute Gasteiger partial charge is 0.129 e. The lowest BCUT2D eigenvalue weighted by atomic mass is 10.0. The van der Waals surface area contributed by atoms with Gasteiger partial charge in [-0.3, -0.25) is 0 Å². The van der Waals surface area contributed by atoms with E-state index in [2.05, 4.69) is 5.32 Å². The van der Waals surface area contributed by atoms with Gasteiger partial charge in [-0.25, -0.2) is 8.78 Å². The Morgan fingerprint density at radius 2 is 1.88 bits per heavy atom. The fraction of sp³-hybridized carbons (Fsp3) is 0.538. The molecule has 1 rings (SSSR count). The fourth-order valence-electron chi connectivity index (χ4n) is 1.77. The van der Waals surface area contributed by atoms with Crippen molar-refractivity contribution in [2.45, 2.75) is 31.9 Å². The second-order valence-electron chi connectivity index (χ2n) is 4.17. The molecule has 96 valence electrons. The summed E-state index contributed by atoms with van der Waals surface area (Å²) in [6, 6.07) is 3.94. The maximum atomic E-state index is 13.5. The van der Waals surface area contributed by atoms with Crippen LogP contribution in [0.5, 0.6) is 0 Å². The van der Waals surface area contributed by atoms with Gasteiger partial charge in [-0.1, -0.05) is 6.07 Å². The molecule has 0 spiro atoms. The van der Waals surface area contributed by atoms with Crippen molar-refractivity contribution in [3.05, 3.63) is 35.4 Å². The summed E-state index contributed by atoms with van der Waals surface area (Å²) in [4.78, 5) is 0. The molecular weight excluding hydrogens is 224 g/mol. The zero-order valence-electron chi connectivity index (χ0n) is 10.5. The minimum Gasteiger partial charge on any atom is -0.382 e. The summed E-state index contributed by atoms with van der Waals surface area (Å²) >= 11 is 0. The molecule has 0 aromatic heterocycles. The Hall–Kier alpha value is -1.00. The number of benzene rings is 1. The molecule has 0 saturated carbocycles. The molecule has 0 saturated heterocycles. The van der Waals surface area contributed by atoms with Gasteiger partial charge in [-0.15, -0.1) is 0 Å². The molecule has 2 atom stereocenters. The summed E-state index contributed by atoms with van der Waals surface area (Å²) in [7, 11) is 3.41. The maximum Gasteiger partial charge on any atom is 0.129 e. The summed E-state index contributed by atoms with van der Waals surface area (Å²) in [6.45, 7) is 1.93. The SMILES string of the molecule is CNC(Cc1c(F)cccc1F)CC(C)OC. The third-order valence-electron chi connectivity index (χ3n) is 2.94. The predicted molar refractivity (Wildman–Crippen MR) is 64.0 cm³/mol. The predicted octanol–water partition coefficient (Wildman–Crippen LogP) is 2.52. The van der Waals surface area contributed by atoms with Gasteiger partial charge in [-0.2, -0.15) is 0 Å². The number of nitrogens with one attached hydrogen (secondary N) is 1. The van der Waals surface area contributed by atoms with Gasteiger partial charge in [0.15, 0.2) is 0 Å². The lowest BCUT2D eigenvalue weighted by Crippen LogP contribution is -2.32. The minimum atomic E-state index is -0.490. The third-order valence-corrected chi connectivity index (χ3v) is 2.94. The van der Waals surface area contributed by atoms with Gasteiger partial charge in [0.25, 0.3) is 0 Å². The summed E-state index contributed by atoms with van der Waals surface area (Å²) < 4.78 is 32.1. The second kappa shape index (κ2) is 6.67. The highest BCUT2D eigenvalue weighted by Crippen LogP contribution is 2.16. The Balaban J connectivity index is 2.73. The van der Waals surface area contributed by atoms with Crippen molar-refractivity contribution in [1.29, 1.82) is 0 Å². The molecule has 0 amide bonds. The average molecular weight is 243 g/mol. The van der Waals surface area contributed by atoms with Gasteiger partial charge in [0, 0.05) is 18.7 Å². The first-order valence-electron chi connectivity index (χ1n) is 5.71. The van der Waals surface area contributed by atoms with Gasteiger partial charge in [0.05, 0.1) is 6.10 Å². The van der Waals surface area contributed by atoms with Crippen molar-refractivity contribution in [2.75, 3.05) is 14.2 Å². The van der Waals surface area contributed by atoms with E-state index < -0.39 is 11.6 Å². The number of ether oxygens (including phenoxy) is 1. The lowest BCUT2D eigenvalue weighted by Gasteiger charge is -2.20. The van der Waals surface area contributed by atoms with Crippen LogP contribution in [0, 0.1) is 11.6 Å². The first kappa shape index (κ1) is 14.1. The maximum absolute atomic E-state index is 13.5. The molecule has 1 aromatic carbocycles. The van der Waals surface area contributed by atoms with E-state index in [9.17, 15) is 8.78 Å². The number of hydrogen-bond donors (Lipinski definition) is 1. The quantitative estimate of drug-likeness (QED) is 0.829. The van der Waals surface area contributed by atoms with Crippen LogP contribution < -0.4 is 5.32 Å². The number of methoxy groups -OCH3 is 1. The van der Waals surface area contributed by atoms with Crippen LogP contribution in [0.15, 0.2) is 18.2 Å². The molecule has 0 radical (unpaired) electrons. The van der Waals surface area contributed by atoms with Crippen LogP contribution in [0.1, 0.15) is 18.9 Å². The molecule has 1 aromatic rings. The molecular formula is C13H19F2NO. The van der Waals surface area contributed by atoms with E-state index >= 15 is 0 Å². The topological polar surface area (TPSA) is 21.3 Å². The number of likely N-dealkylation sites (N-methyl/N-ethyl adjacent to an activating group) is 1. The van der Waals surface area contributed by atoms with Crippen molar-refractivity contribution in [2.24, 2.45) is 0 Å². The van der Waals surface area contributed by atoms with Crippen LogP contribution in [-0.2, 0) is 11.2 Å². The molecule has 0 fully saturated rings. The lowest BCUT2D eigenvalue weighted by molar-refractivity contribution is 0.101. The van der Waals surface area contributed by atoms with E-state index in [4.69, 9.17) is 4.74 Å². The molecule has 0 bridgehead atoms. The normalized spacial score (nSPS) is 14.6. The van der Waals surface area contributed by atoms with Crippen LogP contribution in [0.4, 0.5) is 8.78 Å². The first-order valence-corrected chi connectivity index (χ1v) is 5.71. The van der Waals surface area contributed by atoms with Crippen LogP contribution >= 0.6 is 0 Å². The van der Waals surface area contributed by atoms with Gasteiger partial charge in [0.1, 0.15) is 11.6 Å². The second-order valence-corrected chi connectivity index (χ2v) is 4.17. The van der Waals surface area contributed by atoms with Crippen LogP contribution in [0.2, 0.25) is 0 Å². The van der Waals surface area contributed by atoms with E-state index in [1.54, 1.807) is 14.2 Å². The average Bonchev–Trinajstić information content (AvgIpc) is 2.32. The third kappa shape index (κ3) is 4.06. The summed E-state index contributed by atoms with van der Waals surface area (Å²) in [5.74, 6) is -0.981. The van der Waals surface area contributed by atoms with Gasteiger partial charge in [-0.05, 0) is 38.9 Å². The van der Waals surface area contributed by atoms with Gasteiger partial charge in [0.2, 0.25) is 0 Å². The van der Waals surface area contributed by atoms with Gasteiger partial charge >= 0.3 is 0 Å². The summed E-state index contributed by atoms with van der Waals surface area (Å²) in [6.07, 6.45) is 1.09. The summed E-state index contributed by atoms with van der Waals surface area (Å²) in [5, 5.41) is 3.06. The Morgan fingerprint density at radius 1 is 1.29 bits per heavy atom. The zero-order chi connectivity index (χ0) is 12.8. The Bertz CT molecular complexity index is 337. The summed E-state index contributed by atoms with van der Waals surface area (Å²) in [5.41, 5.74) is 0.134. The molecule has 0 aliphatic carbocycles. The Kier molecular flexibility index (Phi) is 5.51. The van der Waals surface area contributed by atoms with E-state index in [1.807, 2.05) is 6.92 Å². The zero-order valence-corrected chi connectivity index (χ0v) is 10.5. The van der Waals surface area contributed by atoms with Crippen LogP contribution in [0.3, 0.4) is 0 Å². The highest BCUT2D eigenvalue weighted by Gasteiger charge is 2.16. The molecule has 17 heavy (non-hydrogen) atoms. The molecule has 1 N–H and O–H groups in total. The molecule has 4 heteroatoms. The van der Waals surface area contributed by atoms with E-state index in [0.717, 1.165) is 0 Å². The first-order chi connectivity index (χ1) is 8.08. The van der Waals surface area contributed by atoms with E-state index in [-0.39, 0.29) is 17.7 Å². The largest absolute Gasteiger partial charge is 0.382 e. The molecule has 0 aliphatic rings. The highest BCUT2D eigenvalue weighted by atomic mass is 19.1. The Morgan fingerprint density at radius 3 is 2.35 bits per heavy atom. The number of rotatable bonds is 6. The van der Waals surface area contributed by atoms with Crippen molar-refractivity contribution >= 4 is 0 Å². The molecule has 2 nitrogen and oxygen atoms in total. The molecule has 2 unspecified atom stereocenters. The Labute approximate surface area is 101 Å². The monoisotopic (exact) mass is 243 g/mol. The van der Waals surface area contributed by atoms with Crippen LogP contribution in [0.25, 0.3) is 0 Å². The minimum absolute atomic E-state index is 0.00338. The van der Waals surface area contributed by atoms with Gasteiger partial charge < -0.3 is 10.1 Å². The van der Waals surface area contributed by atoms with Crippen molar-refractivity contribution < 1.29 is 13.5 Å². The van der Waals surface area contributed by atoms with Crippen molar-refractivity contribution in [1.82, 2.24) is 5.32 Å². The standard InChI is InChI=1S/C13H19F2NO/c1-9(17-3)7-10(16-2)8-11-12(14)5-4-6-13(11)15/h4-6,9-10,16H,7-8H2,1-3H3. The number of halogens is 2. The highest BCUT2D eigenvalue weighted by molar-refractivity contribution is 5.20. The van der Waals surface area contributed by atoms with E-state index in [0.29, 0.717) is 12.8 Å². The fourth-order valence-corrected chi connectivity index (χ4v) is 1.77. The van der Waals surface area contributed by atoms with Crippen molar-refractivity contribution in [3.63, 3.8) is 0 Å². The van der Waals surface area contributed by atoms with E-state index in [1.165, 1.54) is 18.2 Å².